The molecular weight excluding hydrogens is 382 g/mol. The number of carbonyl (C=O) groups is 2. The van der Waals surface area contributed by atoms with E-state index in [1.165, 1.54) is 6.21 Å². The topological polar surface area (TPSA) is 80.2 Å². The Morgan fingerprint density at radius 2 is 1.80 bits per heavy atom. The molecule has 0 atom stereocenters. The van der Waals surface area contributed by atoms with Crippen molar-refractivity contribution >= 4 is 18.0 Å². The van der Waals surface area contributed by atoms with E-state index in [0.29, 0.717) is 43.0 Å². The number of nitrogens with one attached hydrogen (secondary N) is 1. The molecule has 1 fully saturated rings. The Labute approximate surface area is 176 Å². The van der Waals surface area contributed by atoms with E-state index in [4.69, 9.17) is 9.47 Å². The average molecular weight is 409 g/mol. The molecule has 0 spiro atoms. The van der Waals surface area contributed by atoms with Gasteiger partial charge in [0.25, 0.3) is 5.91 Å². The van der Waals surface area contributed by atoms with Gasteiger partial charge in [0.05, 0.1) is 20.4 Å². The number of hydrogen-bond acceptors (Lipinski definition) is 5. The van der Waals surface area contributed by atoms with Gasteiger partial charge in [0, 0.05) is 30.1 Å². The van der Waals surface area contributed by atoms with Crippen molar-refractivity contribution in [2.45, 2.75) is 19.8 Å². The van der Waals surface area contributed by atoms with Gasteiger partial charge < -0.3 is 14.4 Å². The summed E-state index contributed by atoms with van der Waals surface area (Å²) in [5.41, 5.74) is 4.99. The highest BCUT2D eigenvalue weighted by Gasteiger charge is 2.28. The van der Waals surface area contributed by atoms with Crippen LogP contribution in [0.5, 0.6) is 11.5 Å². The number of hydrogen-bond donors (Lipinski definition) is 1. The second-order valence-electron chi connectivity index (χ2n) is 7.20. The first-order valence-corrected chi connectivity index (χ1v) is 9.94. The van der Waals surface area contributed by atoms with Crippen LogP contribution in [-0.4, -0.2) is 50.2 Å². The molecule has 30 heavy (non-hydrogen) atoms. The fourth-order valence-electron chi connectivity index (χ4n) is 3.60. The number of amides is 2. The van der Waals surface area contributed by atoms with Crippen LogP contribution in [0.4, 0.5) is 0 Å². The van der Waals surface area contributed by atoms with Gasteiger partial charge in [-0.15, -0.1) is 0 Å². The molecule has 1 aliphatic heterocycles. The van der Waals surface area contributed by atoms with E-state index in [-0.39, 0.29) is 17.7 Å². The molecule has 7 heteroatoms. The molecule has 7 nitrogen and oxygen atoms in total. The molecule has 1 heterocycles. The zero-order valence-corrected chi connectivity index (χ0v) is 17.6. The lowest BCUT2D eigenvalue weighted by atomic mass is 9.95. The van der Waals surface area contributed by atoms with Crippen molar-refractivity contribution < 1.29 is 19.1 Å². The number of hydrazone groups is 1. The molecule has 3 rings (SSSR count). The highest BCUT2D eigenvalue weighted by molar-refractivity contribution is 5.95. The number of aryl methyl sites for hydroxylation is 1. The SMILES string of the molecule is COc1cccc(/C=N\NC(=O)C2CCN(C(=O)c3ccccc3C)CC2)c1OC. The smallest absolute Gasteiger partial charge is 0.254 e. The summed E-state index contributed by atoms with van der Waals surface area (Å²) in [5.74, 6) is 0.862. The van der Waals surface area contributed by atoms with Crippen molar-refractivity contribution in [2.24, 2.45) is 11.0 Å². The van der Waals surface area contributed by atoms with Crippen LogP contribution >= 0.6 is 0 Å². The van der Waals surface area contributed by atoms with Crippen molar-refractivity contribution in [3.8, 4) is 11.5 Å². The summed E-state index contributed by atoms with van der Waals surface area (Å²) in [6.45, 7) is 3.04. The first kappa shape index (κ1) is 21.4. The molecule has 2 aromatic carbocycles. The maximum atomic E-state index is 12.7. The van der Waals surface area contributed by atoms with Crippen LogP contribution in [0.25, 0.3) is 0 Å². The number of carbonyl (C=O) groups excluding carboxylic acids is 2. The Bertz CT molecular complexity index is 934. The predicted octanol–water partition coefficient (Wildman–Crippen LogP) is 3.01. The Balaban J connectivity index is 1.54. The lowest BCUT2D eigenvalue weighted by molar-refractivity contribution is -0.126. The van der Waals surface area contributed by atoms with Crippen molar-refractivity contribution in [2.75, 3.05) is 27.3 Å². The van der Waals surface area contributed by atoms with Crippen molar-refractivity contribution in [3.05, 3.63) is 59.2 Å². The van der Waals surface area contributed by atoms with Crippen LogP contribution < -0.4 is 14.9 Å². The summed E-state index contributed by atoms with van der Waals surface area (Å²) in [4.78, 5) is 27.0. The van der Waals surface area contributed by atoms with Crippen LogP contribution in [0, 0.1) is 12.8 Å². The van der Waals surface area contributed by atoms with E-state index in [1.807, 2.05) is 48.2 Å². The quantitative estimate of drug-likeness (QED) is 0.588. The van der Waals surface area contributed by atoms with Gasteiger partial charge in [-0.25, -0.2) is 5.43 Å². The van der Waals surface area contributed by atoms with E-state index >= 15 is 0 Å². The molecule has 0 bridgehead atoms. The second-order valence-corrected chi connectivity index (χ2v) is 7.20. The summed E-state index contributed by atoms with van der Waals surface area (Å²) in [5, 5.41) is 4.07. The fraction of sp³-hybridized carbons (Fsp3) is 0.348. The minimum absolute atomic E-state index is 0.0232. The van der Waals surface area contributed by atoms with Crippen LogP contribution in [0.1, 0.15) is 34.3 Å². The van der Waals surface area contributed by atoms with Gasteiger partial charge in [0.15, 0.2) is 11.5 Å². The molecule has 1 saturated heterocycles. The summed E-state index contributed by atoms with van der Waals surface area (Å²) >= 11 is 0. The molecule has 1 aliphatic rings. The predicted molar refractivity (Wildman–Crippen MR) is 115 cm³/mol. The molecule has 2 amide bonds. The van der Waals surface area contributed by atoms with Gasteiger partial charge in [-0.2, -0.15) is 5.10 Å². The zero-order valence-electron chi connectivity index (χ0n) is 17.6. The third-order valence-corrected chi connectivity index (χ3v) is 5.34. The van der Waals surface area contributed by atoms with Crippen molar-refractivity contribution in [3.63, 3.8) is 0 Å². The van der Waals surface area contributed by atoms with Gasteiger partial charge in [0.1, 0.15) is 0 Å². The number of rotatable bonds is 6. The first-order chi connectivity index (χ1) is 14.5. The fourth-order valence-corrected chi connectivity index (χ4v) is 3.60. The molecule has 0 radical (unpaired) electrons. The number of methoxy groups -OCH3 is 2. The number of piperidine rings is 1. The minimum atomic E-state index is -0.171. The maximum Gasteiger partial charge on any atom is 0.254 e. The van der Waals surface area contributed by atoms with Crippen LogP contribution in [0.3, 0.4) is 0 Å². The van der Waals surface area contributed by atoms with Gasteiger partial charge in [-0.05, 0) is 43.5 Å². The first-order valence-electron chi connectivity index (χ1n) is 9.94. The maximum absolute atomic E-state index is 12.7. The molecule has 2 aromatic rings. The van der Waals surface area contributed by atoms with E-state index < -0.39 is 0 Å². The van der Waals surface area contributed by atoms with Crippen LogP contribution in [0.2, 0.25) is 0 Å². The number of nitrogens with zero attached hydrogens (tertiary/aromatic N) is 2. The highest BCUT2D eigenvalue weighted by atomic mass is 16.5. The average Bonchev–Trinajstić information content (AvgIpc) is 2.78. The Morgan fingerprint density at radius 1 is 1.07 bits per heavy atom. The molecule has 0 unspecified atom stereocenters. The van der Waals surface area contributed by atoms with Crippen molar-refractivity contribution in [1.29, 1.82) is 0 Å². The summed E-state index contributed by atoms with van der Waals surface area (Å²) < 4.78 is 10.6. The standard InChI is InChI=1S/C23H27N3O4/c1-16-7-4-5-9-19(16)23(28)26-13-11-17(12-14-26)22(27)25-24-15-18-8-6-10-20(29-2)21(18)30-3/h4-10,15,17H,11-14H2,1-3H3,(H,25,27)/b24-15-. The summed E-state index contributed by atoms with van der Waals surface area (Å²) in [6, 6.07) is 13.0. The van der Waals surface area contributed by atoms with Gasteiger partial charge in [-0.3, -0.25) is 9.59 Å². The van der Waals surface area contributed by atoms with Gasteiger partial charge >= 0.3 is 0 Å². The molecule has 0 aromatic heterocycles. The van der Waals surface area contributed by atoms with Crippen LogP contribution in [-0.2, 0) is 4.79 Å². The largest absolute Gasteiger partial charge is 0.493 e. The number of benzene rings is 2. The lowest BCUT2D eigenvalue weighted by Crippen LogP contribution is -2.42. The molecule has 158 valence electrons. The van der Waals surface area contributed by atoms with E-state index in [2.05, 4.69) is 10.5 Å². The lowest BCUT2D eigenvalue weighted by Gasteiger charge is -2.31. The Hall–Kier alpha value is -3.35. The molecular formula is C23H27N3O4. The van der Waals surface area contributed by atoms with Gasteiger partial charge in [-0.1, -0.05) is 24.3 Å². The van der Waals surface area contributed by atoms with E-state index in [0.717, 1.165) is 11.1 Å². The van der Waals surface area contributed by atoms with E-state index in [9.17, 15) is 9.59 Å². The Kier molecular flexibility index (Phi) is 7.06. The third-order valence-electron chi connectivity index (χ3n) is 5.34. The second kappa shape index (κ2) is 9.91. The molecule has 1 N–H and O–H groups in total. The van der Waals surface area contributed by atoms with E-state index in [1.54, 1.807) is 20.3 Å². The molecule has 0 saturated carbocycles. The highest BCUT2D eigenvalue weighted by Crippen LogP contribution is 2.29. The third kappa shape index (κ3) is 4.79. The Morgan fingerprint density at radius 3 is 2.47 bits per heavy atom. The monoisotopic (exact) mass is 409 g/mol. The number of para-hydroxylation sites is 1. The number of ether oxygens (including phenoxy) is 2. The summed E-state index contributed by atoms with van der Waals surface area (Å²) in [7, 11) is 3.12. The van der Waals surface area contributed by atoms with Gasteiger partial charge in [0.2, 0.25) is 5.91 Å². The summed E-state index contributed by atoms with van der Waals surface area (Å²) in [6.07, 6.45) is 2.76. The van der Waals surface area contributed by atoms with Crippen LogP contribution in [0.15, 0.2) is 47.6 Å². The normalized spacial score (nSPS) is 14.6. The minimum Gasteiger partial charge on any atom is -0.493 e. The van der Waals surface area contributed by atoms with Crippen molar-refractivity contribution in [1.82, 2.24) is 10.3 Å². The zero-order chi connectivity index (χ0) is 21.5. The molecule has 0 aliphatic carbocycles. The number of likely N-dealkylation sites (tertiary alicyclic amines) is 1.